The van der Waals surface area contributed by atoms with E-state index in [4.69, 9.17) is 11.1 Å². The van der Waals surface area contributed by atoms with E-state index >= 15 is 0 Å². The lowest BCUT2D eigenvalue weighted by atomic mass is 9.98. The van der Waals surface area contributed by atoms with Crippen LogP contribution in [0, 0.1) is 0 Å². The van der Waals surface area contributed by atoms with Gasteiger partial charge in [0.2, 0.25) is 0 Å². The minimum Gasteiger partial charge on any atom is -0.361 e. The summed E-state index contributed by atoms with van der Waals surface area (Å²) in [7, 11) is 0. The molecule has 4 nitrogen and oxygen atoms in total. The van der Waals surface area contributed by atoms with E-state index in [1.54, 1.807) is 24.3 Å². The molecule has 0 spiro atoms. The van der Waals surface area contributed by atoms with Crippen LogP contribution in [0.3, 0.4) is 0 Å². The van der Waals surface area contributed by atoms with Gasteiger partial charge in [-0.25, -0.2) is 0 Å². The van der Waals surface area contributed by atoms with Gasteiger partial charge in [-0.15, -0.1) is 0 Å². The molecule has 0 N–H and O–H groups in total. The fourth-order valence-corrected chi connectivity index (χ4v) is 1.44. The second-order valence-corrected chi connectivity index (χ2v) is 3.29. The molecule has 0 fully saturated rings. The molecule has 0 amide bonds. The van der Waals surface area contributed by atoms with Crippen molar-refractivity contribution in [3.63, 3.8) is 0 Å². The first kappa shape index (κ1) is 9.99. The molecule has 76 valence electrons. The van der Waals surface area contributed by atoms with Crippen molar-refractivity contribution >= 4 is 11.4 Å². The van der Waals surface area contributed by atoms with Crippen molar-refractivity contribution in [3.8, 4) is 0 Å². The summed E-state index contributed by atoms with van der Waals surface area (Å²) in [6, 6.07) is 0. The van der Waals surface area contributed by atoms with Crippen molar-refractivity contribution < 1.29 is 9.58 Å². The highest BCUT2D eigenvalue weighted by molar-refractivity contribution is 6.03. The van der Waals surface area contributed by atoms with E-state index in [2.05, 4.69) is 9.58 Å². The van der Waals surface area contributed by atoms with Crippen LogP contribution in [0.2, 0.25) is 0 Å². The van der Waals surface area contributed by atoms with Crippen molar-refractivity contribution in [2.75, 3.05) is 0 Å². The minimum atomic E-state index is 0.519. The Morgan fingerprint density at radius 1 is 0.562 bits per heavy atom. The highest BCUT2D eigenvalue weighted by Gasteiger charge is 2.09. The highest BCUT2D eigenvalue weighted by atomic mass is 14.9. The predicted molar refractivity (Wildman–Crippen MR) is 60.8 cm³/mol. The topological polar surface area (TPSA) is 72.8 Å². The van der Waals surface area contributed by atoms with E-state index in [0.29, 0.717) is 11.4 Å². The normalized spacial score (nSPS) is 17.8. The SMILES string of the molecule is [N-]=[N+]=C1C=CC(=C2C=CC(=[N+]=[N-])C=C2)C=C1. The van der Waals surface area contributed by atoms with E-state index < -0.39 is 0 Å². The van der Waals surface area contributed by atoms with Gasteiger partial charge in [0, 0.05) is 24.3 Å². The van der Waals surface area contributed by atoms with Crippen LogP contribution in [0.4, 0.5) is 0 Å². The van der Waals surface area contributed by atoms with Gasteiger partial charge in [0.15, 0.2) is 0 Å². The van der Waals surface area contributed by atoms with Gasteiger partial charge in [0.25, 0.3) is 0 Å². The Hall–Kier alpha value is -2.54. The van der Waals surface area contributed by atoms with Gasteiger partial charge in [-0.1, -0.05) is 0 Å². The molecular weight excluding hydrogens is 200 g/mol. The third-order valence-corrected chi connectivity index (χ3v) is 2.30. The molecule has 2 aliphatic rings. The summed E-state index contributed by atoms with van der Waals surface area (Å²) in [4.78, 5) is 6.17. The molecule has 0 saturated heterocycles. The largest absolute Gasteiger partial charge is 0.361 e. The number of hydrogen-bond donors (Lipinski definition) is 0. The van der Waals surface area contributed by atoms with E-state index in [1.165, 1.54) is 0 Å². The smallest absolute Gasteiger partial charge is 0.315 e. The molecule has 0 aromatic carbocycles. The maximum Gasteiger partial charge on any atom is 0.315 e. The summed E-state index contributed by atoms with van der Waals surface area (Å²) in [6.45, 7) is 0. The molecule has 0 aliphatic heterocycles. The zero-order chi connectivity index (χ0) is 11.4. The third-order valence-electron chi connectivity index (χ3n) is 2.30. The van der Waals surface area contributed by atoms with Gasteiger partial charge in [-0.2, -0.15) is 9.58 Å². The standard InChI is InChI=1S/C12H8N4/c13-15-11-5-1-9(2-6-11)10-3-7-12(16-14)8-4-10/h1-8H. The summed E-state index contributed by atoms with van der Waals surface area (Å²) in [5.74, 6) is 0. The van der Waals surface area contributed by atoms with Crippen LogP contribution < -0.4 is 0 Å². The average Bonchev–Trinajstić information content (AvgIpc) is 2.39. The Kier molecular flexibility index (Phi) is 2.70. The Morgan fingerprint density at radius 3 is 1.12 bits per heavy atom. The van der Waals surface area contributed by atoms with Crippen LogP contribution in [0.5, 0.6) is 0 Å². The minimum absolute atomic E-state index is 0.519. The molecule has 2 aliphatic carbocycles. The quantitative estimate of drug-likeness (QED) is 0.430. The second kappa shape index (κ2) is 4.32. The van der Waals surface area contributed by atoms with Gasteiger partial charge in [-0.3, -0.25) is 0 Å². The fraction of sp³-hybridized carbons (Fsp3) is 0. The Balaban J connectivity index is 2.35. The molecule has 4 heteroatoms. The summed E-state index contributed by atoms with van der Waals surface area (Å²) < 4.78 is 0. The van der Waals surface area contributed by atoms with Gasteiger partial charge < -0.3 is 11.1 Å². The van der Waals surface area contributed by atoms with Crippen molar-refractivity contribution in [3.05, 3.63) is 70.8 Å². The zero-order valence-corrected chi connectivity index (χ0v) is 8.41. The molecule has 0 aromatic rings. The molecule has 2 rings (SSSR count). The van der Waals surface area contributed by atoms with Gasteiger partial charge >= 0.3 is 11.4 Å². The number of nitrogens with zero attached hydrogens (tertiary/aromatic N) is 4. The first-order chi connectivity index (χ1) is 7.83. The fourth-order valence-electron chi connectivity index (χ4n) is 1.44. The summed E-state index contributed by atoms with van der Waals surface area (Å²) in [5, 5.41) is 0. The Labute approximate surface area is 92.5 Å². The molecule has 0 radical (unpaired) electrons. The van der Waals surface area contributed by atoms with E-state index in [-0.39, 0.29) is 0 Å². The summed E-state index contributed by atoms with van der Waals surface area (Å²) in [6.07, 6.45) is 14.3. The molecular formula is C12H8N4. The van der Waals surface area contributed by atoms with E-state index in [9.17, 15) is 0 Å². The van der Waals surface area contributed by atoms with Gasteiger partial charge in [0.05, 0.1) is 0 Å². The Morgan fingerprint density at radius 2 is 0.875 bits per heavy atom. The van der Waals surface area contributed by atoms with Gasteiger partial charge in [0.1, 0.15) is 0 Å². The highest BCUT2D eigenvalue weighted by Crippen LogP contribution is 2.16. The molecule has 0 bridgehead atoms. The van der Waals surface area contributed by atoms with Crippen LogP contribution in [0.1, 0.15) is 0 Å². The molecule has 16 heavy (non-hydrogen) atoms. The van der Waals surface area contributed by atoms with Crippen LogP contribution in [-0.4, -0.2) is 21.0 Å². The number of hydrogen-bond acceptors (Lipinski definition) is 0. The van der Waals surface area contributed by atoms with Crippen LogP contribution in [-0.2, 0) is 0 Å². The van der Waals surface area contributed by atoms with Crippen molar-refractivity contribution in [2.24, 2.45) is 0 Å². The van der Waals surface area contributed by atoms with Gasteiger partial charge in [-0.05, 0) is 35.5 Å². The summed E-state index contributed by atoms with van der Waals surface area (Å²) >= 11 is 0. The summed E-state index contributed by atoms with van der Waals surface area (Å²) in [5.41, 5.74) is 20.2. The molecule has 0 heterocycles. The van der Waals surface area contributed by atoms with Crippen LogP contribution >= 0.6 is 0 Å². The lowest BCUT2D eigenvalue weighted by molar-refractivity contribution is -0.00205. The first-order valence-corrected chi connectivity index (χ1v) is 4.74. The molecule has 0 saturated carbocycles. The van der Waals surface area contributed by atoms with Crippen LogP contribution in [0.15, 0.2) is 59.8 Å². The second-order valence-electron chi connectivity index (χ2n) is 3.29. The lowest BCUT2D eigenvalue weighted by Gasteiger charge is -2.03. The van der Waals surface area contributed by atoms with Crippen molar-refractivity contribution in [1.29, 1.82) is 0 Å². The first-order valence-electron chi connectivity index (χ1n) is 4.74. The molecule has 0 unspecified atom stereocenters. The monoisotopic (exact) mass is 208 g/mol. The maximum atomic E-state index is 8.55. The molecule has 0 aromatic heterocycles. The van der Waals surface area contributed by atoms with Crippen LogP contribution in [0.25, 0.3) is 11.1 Å². The zero-order valence-electron chi connectivity index (χ0n) is 8.41. The van der Waals surface area contributed by atoms with E-state index in [0.717, 1.165) is 11.1 Å². The maximum absolute atomic E-state index is 8.55. The third kappa shape index (κ3) is 1.93. The van der Waals surface area contributed by atoms with Crippen molar-refractivity contribution in [2.45, 2.75) is 0 Å². The Bertz CT molecular complexity index is 484. The molecule has 0 atom stereocenters. The number of rotatable bonds is 0. The van der Waals surface area contributed by atoms with E-state index in [1.807, 2.05) is 24.3 Å². The number of allylic oxidation sites excluding steroid dienone is 10. The van der Waals surface area contributed by atoms with Crippen molar-refractivity contribution in [1.82, 2.24) is 0 Å². The average molecular weight is 208 g/mol. The predicted octanol–water partition coefficient (Wildman–Crippen LogP) is 1.88. The lowest BCUT2D eigenvalue weighted by Crippen LogP contribution is -1.99.